The van der Waals surface area contributed by atoms with Gasteiger partial charge in [0.1, 0.15) is 18.5 Å². The van der Waals surface area contributed by atoms with Crippen LogP contribution in [0.4, 0.5) is 0 Å². The van der Waals surface area contributed by atoms with E-state index in [1.807, 2.05) is 53.4 Å². The van der Waals surface area contributed by atoms with E-state index < -0.39 is 6.10 Å². The van der Waals surface area contributed by atoms with Gasteiger partial charge in [-0.05, 0) is 35.9 Å². The van der Waals surface area contributed by atoms with Gasteiger partial charge in [0, 0.05) is 43.8 Å². The van der Waals surface area contributed by atoms with Crippen LogP contribution in [0, 0.1) is 0 Å². The van der Waals surface area contributed by atoms with Gasteiger partial charge in [-0.2, -0.15) is 0 Å². The quantitative estimate of drug-likeness (QED) is 0.726. The van der Waals surface area contributed by atoms with Crippen molar-refractivity contribution in [2.45, 2.75) is 6.10 Å². The summed E-state index contributed by atoms with van der Waals surface area (Å²) < 4.78 is 5.59. The normalized spacial score (nSPS) is 16.3. The summed E-state index contributed by atoms with van der Waals surface area (Å²) in [6, 6.07) is 16.9. The maximum atomic E-state index is 12.4. The van der Waals surface area contributed by atoms with E-state index in [9.17, 15) is 9.90 Å². The fourth-order valence-corrected chi connectivity index (χ4v) is 3.29. The number of piperazine rings is 1. The van der Waals surface area contributed by atoms with Crippen LogP contribution in [0.3, 0.4) is 0 Å². The lowest BCUT2D eigenvalue weighted by Crippen LogP contribution is -2.50. The van der Waals surface area contributed by atoms with E-state index in [-0.39, 0.29) is 12.5 Å². The van der Waals surface area contributed by atoms with Gasteiger partial charge in [-0.25, -0.2) is 0 Å². The van der Waals surface area contributed by atoms with E-state index in [0.717, 1.165) is 24.4 Å². The highest BCUT2D eigenvalue weighted by atomic mass is 35.5. The van der Waals surface area contributed by atoms with Crippen LogP contribution in [0.2, 0.25) is 5.02 Å². The number of halogens is 1. The molecule has 28 heavy (non-hydrogen) atoms. The second kappa shape index (κ2) is 10.3. The molecule has 1 amide bonds. The third-order valence-corrected chi connectivity index (χ3v) is 4.84. The highest BCUT2D eigenvalue weighted by Crippen LogP contribution is 2.13. The summed E-state index contributed by atoms with van der Waals surface area (Å²) in [7, 11) is 0. The molecule has 148 valence electrons. The monoisotopic (exact) mass is 400 g/mol. The summed E-state index contributed by atoms with van der Waals surface area (Å²) in [6.07, 6.45) is 2.81. The van der Waals surface area contributed by atoms with Gasteiger partial charge in [-0.1, -0.05) is 41.9 Å². The maximum Gasteiger partial charge on any atom is 0.246 e. The summed E-state index contributed by atoms with van der Waals surface area (Å²) in [5.74, 6) is 0.746. The number of hydrogen-bond donors (Lipinski definition) is 1. The SMILES string of the molecule is O=C(/C=C/c1cccc(Cl)c1)N1CCN(C[C@@H](O)COc2ccccc2)CC1. The van der Waals surface area contributed by atoms with E-state index in [2.05, 4.69) is 4.90 Å². The van der Waals surface area contributed by atoms with Gasteiger partial charge in [0.05, 0.1) is 0 Å². The first-order valence-corrected chi connectivity index (χ1v) is 9.79. The Labute approximate surface area is 170 Å². The van der Waals surface area contributed by atoms with Crippen molar-refractivity contribution in [3.63, 3.8) is 0 Å². The number of carbonyl (C=O) groups excluding carboxylic acids is 1. The topological polar surface area (TPSA) is 53.0 Å². The molecule has 2 aromatic rings. The predicted molar refractivity (Wildman–Crippen MR) is 111 cm³/mol. The number of amides is 1. The molecule has 0 aromatic heterocycles. The number of rotatable bonds is 7. The number of ether oxygens (including phenoxy) is 1. The molecule has 2 aromatic carbocycles. The molecule has 0 bridgehead atoms. The van der Waals surface area contributed by atoms with E-state index in [0.29, 0.717) is 24.7 Å². The summed E-state index contributed by atoms with van der Waals surface area (Å²) in [5, 5.41) is 10.9. The fourth-order valence-electron chi connectivity index (χ4n) is 3.09. The lowest BCUT2D eigenvalue weighted by Gasteiger charge is -2.35. The molecule has 1 saturated heterocycles. The van der Waals surface area contributed by atoms with Crippen molar-refractivity contribution in [2.24, 2.45) is 0 Å². The molecule has 1 atom stereocenters. The Balaban J connectivity index is 1.39. The summed E-state index contributed by atoms with van der Waals surface area (Å²) in [5.41, 5.74) is 0.904. The molecule has 0 saturated carbocycles. The Hall–Kier alpha value is -2.34. The van der Waals surface area contributed by atoms with E-state index in [1.165, 1.54) is 0 Å². The fraction of sp³-hybridized carbons (Fsp3) is 0.318. The van der Waals surface area contributed by atoms with Gasteiger partial charge in [0.25, 0.3) is 0 Å². The van der Waals surface area contributed by atoms with Crippen LogP contribution in [0.5, 0.6) is 5.75 Å². The molecule has 0 unspecified atom stereocenters. The largest absolute Gasteiger partial charge is 0.491 e. The predicted octanol–water partition coefficient (Wildman–Crippen LogP) is 2.94. The molecule has 3 rings (SSSR count). The lowest BCUT2D eigenvalue weighted by atomic mass is 10.2. The van der Waals surface area contributed by atoms with Gasteiger partial charge < -0.3 is 14.7 Å². The third-order valence-electron chi connectivity index (χ3n) is 4.61. The van der Waals surface area contributed by atoms with E-state index in [4.69, 9.17) is 16.3 Å². The Morgan fingerprint density at radius 1 is 1.11 bits per heavy atom. The minimum absolute atomic E-state index is 0.00687. The van der Waals surface area contributed by atoms with Crippen molar-refractivity contribution in [3.05, 3.63) is 71.3 Å². The number of carbonyl (C=O) groups is 1. The van der Waals surface area contributed by atoms with E-state index >= 15 is 0 Å². The number of benzene rings is 2. The smallest absolute Gasteiger partial charge is 0.246 e. The Morgan fingerprint density at radius 2 is 1.86 bits per heavy atom. The van der Waals surface area contributed by atoms with Gasteiger partial charge in [-0.15, -0.1) is 0 Å². The Kier molecular flexibility index (Phi) is 7.48. The van der Waals surface area contributed by atoms with Gasteiger partial charge >= 0.3 is 0 Å². The highest BCUT2D eigenvalue weighted by molar-refractivity contribution is 6.30. The molecule has 6 heteroatoms. The van der Waals surface area contributed by atoms with Crippen LogP contribution >= 0.6 is 11.6 Å². The Bertz CT molecular complexity index is 789. The van der Waals surface area contributed by atoms with Crippen molar-refractivity contribution >= 4 is 23.6 Å². The minimum atomic E-state index is -0.565. The second-order valence-electron chi connectivity index (χ2n) is 6.79. The molecule has 0 aliphatic carbocycles. The molecular weight excluding hydrogens is 376 g/mol. The standard InChI is InChI=1S/C22H25ClN2O3/c23-19-6-4-5-18(15-19)9-10-22(27)25-13-11-24(12-14-25)16-20(26)17-28-21-7-2-1-3-8-21/h1-10,15,20,26H,11-14,16-17H2/b10-9+/t20-/m1/s1. The first kappa shape index (κ1) is 20.4. The van der Waals surface area contributed by atoms with Crippen molar-refractivity contribution in [2.75, 3.05) is 39.3 Å². The van der Waals surface area contributed by atoms with Crippen LogP contribution in [-0.2, 0) is 4.79 Å². The number of aliphatic hydroxyl groups excluding tert-OH is 1. The lowest BCUT2D eigenvalue weighted by molar-refractivity contribution is -0.127. The molecular formula is C22H25ClN2O3. The molecule has 5 nitrogen and oxygen atoms in total. The van der Waals surface area contributed by atoms with Crippen LogP contribution in [0.25, 0.3) is 6.08 Å². The molecule has 0 spiro atoms. The Morgan fingerprint density at radius 3 is 2.57 bits per heavy atom. The molecule has 1 aliphatic rings. The molecule has 0 radical (unpaired) electrons. The van der Waals surface area contributed by atoms with Crippen LogP contribution < -0.4 is 4.74 Å². The maximum absolute atomic E-state index is 12.4. The third kappa shape index (κ3) is 6.37. The van der Waals surface area contributed by atoms with Gasteiger partial charge in [0.2, 0.25) is 5.91 Å². The highest BCUT2D eigenvalue weighted by Gasteiger charge is 2.21. The average Bonchev–Trinajstić information content (AvgIpc) is 2.72. The number of aliphatic hydroxyl groups is 1. The van der Waals surface area contributed by atoms with E-state index in [1.54, 1.807) is 18.2 Å². The first-order chi connectivity index (χ1) is 13.6. The summed E-state index contributed by atoms with van der Waals surface area (Å²) in [6.45, 7) is 3.55. The number of hydrogen-bond acceptors (Lipinski definition) is 4. The zero-order valence-electron chi connectivity index (χ0n) is 15.7. The summed E-state index contributed by atoms with van der Waals surface area (Å²) in [4.78, 5) is 16.3. The molecule has 1 fully saturated rings. The average molecular weight is 401 g/mol. The van der Waals surface area contributed by atoms with Crippen LogP contribution in [0.15, 0.2) is 60.7 Å². The van der Waals surface area contributed by atoms with Crippen molar-refractivity contribution in [3.8, 4) is 5.75 Å². The first-order valence-electron chi connectivity index (χ1n) is 9.41. The number of β-amino-alcohol motifs (C(OH)–C–C–N with tert-alkyl or cyclic N) is 1. The minimum Gasteiger partial charge on any atom is -0.491 e. The van der Waals surface area contributed by atoms with Crippen molar-refractivity contribution < 1.29 is 14.6 Å². The van der Waals surface area contributed by atoms with Crippen LogP contribution in [0.1, 0.15) is 5.56 Å². The van der Waals surface area contributed by atoms with Gasteiger partial charge in [0.15, 0.2) is 0 Å². The van der Waals surface area contributed by atoms with Crippen LogP contribution in [-0.4, -0.2) is 66.2 Å². The molecule has 1 heterocycles. The molecule has 1 aliphatic heterocycles. The van der Waals surface area contributed by atoms with Crippen molar-refractivity contribution in [1.29, 1.82) is 0 Å². The summed E-state index contributed by atoms with van der Waals surface area (Å²) >= 11 is 5.96. The van der Waals surface area contributed by atoms with Gasteiger partial charge in [-0.3, -0.25) is 9.69 Å². The van der Waals surface area contributed by atoms with Crippen molar-refractivity contribution in [1.82, 2.24) is 9.80 Å². The zero-order valence-corrected chi connectivity index (χ0v) is 16.5. The zero-order chi connectivity index (χ0) is 19.8. The number of nitrogens with zero attached hydrogens (tertiary/aromatic N) is 2. The number of para-hydroxylation sites is 1. The second-order valence-corrected chi connectivity index (χ2v) is 7.23. The molecule has 1 N–H and O–H groups in total.